The SMILES string of the molecule is CN1C(=O)N(CC(=O)N2CCCc3cc(S(C)(=O)=O)ccc32)C(=O)C12CCCCC2. The zero-order chi connectivity index (χ0) is 21.7. The highest BCUT2D eigenvalue weighted by molar-refractivity contribution is 7.90. The Hall–Kier alpha value is -2.42. The fourth-order valence-electron chi connectivity index (χ4n) is 4.95. The van der Waals surface area contributed by atoms with E-state index < -0.39 is 21.4 Å². The van der Waals surface area contributed by atoms with E-state index in [-0.39, 0.29) is 23.3 Å². The van der Waals surface area contributed by atoms with Gasteiger partial charge in [0.1, 0.15) is 12.1 Å². The number of carbonyl (C=O) groups excluding carboxylic acids is 3. The van der Waals surface area contributed by atoms with Crippen molar-refractivity contribution in [3.63, 3.8) is 0 Å². The topological polar surface area (TPSA) is 95.1 Å². The van der Waals surface area contributed by atoms with E-state index in [4.69, 9.17) is 0 Å². The number of sulfone groups is 1. The number of aryl methyl sites for hydroxylation is 1. The van der Waals surface area contributed by atoms with Crippen molar-refractivity contribution in [3.8, 4) is 0 Å². The Kier molecular flexibility index (Phi) is 5.12. The molecular weight excluding hydrogens is 406 g/mol. The smallest absolute Gasteiger partial charge is 0.313 e. The first-order valence-electron chi connectivity index (χ1n) is 10.4. The molecule has 0 atom stereocenters. The van der Waals surface area contributed by atoms with Gasteiger partial charge in [-0.3, -0.25) is 14.5 Å². The van der Waals surface area contributed by atoms with Crippen molar-refractivity contribution in [2.45, 2.75) is 55.4 Å². The predicted molar refractivity (Wildman–Crippen MR) is 111 cm³/mol. The number of amides is 4. The minimum Gasteiger partial charge on any atom is -0.313 e. The lowest BCUT2D eigenvalue weighted by Gasteiger charge is -2.36. The molecule has 3 aliphatic rings. The Morgan fingerprint density at radius 3 is 2.47 bits per heavy atom. The van der Waals surface area contributed by atoms with Crippen molar-refractivity contribution in [1.82, 2.24) is 9.80 Å². The molecule has 0 aromatic heterocycles. The van der Waals surface area contributed by atoms with Crippen molar-refractivity contribution >= 4 is 33.4 Å². The van der Waals surface area contributed by atoms with Crippen LogP contribution in [-0.4, -0.2) is 68.0 Å². The zero-order valence-corrected chi connectivity index (χ0v) is 18.2. The lowest BCUT2D eigenvalue weighted by Crippen LogP contribution is -2.50. The lowest BCUT2D eigenvalue weighted by molar-refractivity contribution is -0.136. The monoisotopic (exact) mass is 433 g/mol. The van der Waals surface area contributed by atoms with Crippen LogP contribution in [0.25, 0.3) is 0 Å². The number of rotatable bonds is 3. The highest BCUT2D eigenvalue weighted by atomic mass is 32.2. The summed E-state index contributed by atoms with van der Waals surface area (Å²) in [4.78, 5) is 43.5. The Morgan fingerprint density at radius 1 is 1.10 bits per heavy atom. The quantitative estimate of drug-likeness (QED) is 0.679. The molecule has 30 heavy (non-hydrogen) atoms. The fraction of sp³-hybridized carbons (Fsp3) is 0.571. The average molecular weight is 434 g/mol. The van der Waals surface area contributed by atoms with Crippen LogP contribution in [-0.2, 0) is 25.8 Å². The van der Waals surface area contributed by atoms with Gasteiger partial charge in [0.15, 0.2) is 9.84 Å². The number of anilines is 1. The van der Waals surface area contributed by atoms with Gasteiger partial charge in [-0.1, -0.05) is 19.3 Å². The molecule has 8 nitrogen and oxygen atoms in total. The molecule has 2 heterocycles. The van der Waals surface area contributed by atoms with Gasteiger partial charge in [0.2, 0.25) is 5.91 Å². The molecule has 0 radical (unpaired) electrons. The number of benzene rings is 1. The minimum absolute atomic E-state index is 0.223. The number of carbonyl (C=O) groups is 3. The molecular formula is C21H27N3O5S. The van der Waals surface area contributed by atoms with Crippen molar-refractivity contribution in [1.29, 1.82) is 0 Å². The molecule has 0 unspecified atom stereocenters. The van der Waals surface area contributed by atoms with Gasteiger partial charge in [0.05, 0.1) is 4.90 Å². The number of hydrogen-bond acceptors (Lipinski definition) is 5. The van der Waals surface area contributed by atoms with Crippen LogP contribution >= 0.6 is 0 Å². The third kappa shape index (κ3) is 3.29. The van der Waals surface area contributed by atoms with Gasteiger partial charge in [0.25, 0.3) is 5.91 Å². The van der Waals surface area contributed by atoms with Gasteiger partial charge >= 0.3 is 6.03 Å². The minimum atomic E-state index is -3.34. The van der Waals surface area contributed by atoms with Crippen LogP contribution in [0, 0.1) is 0 Å². The summed E-state index contributed by atoms with van der Waals surface area (Å²) in [7, 11) is -1.68. The van der Waals surface area contributed by atoms with Crippen LogP contribution in [0.5, 0.6) is 0 Å². The fourth-order valence-corrected chi connectivity index (χ4v) is 5.63. The second-order valence-electron chi connectivity index (χ2n) is 8.54. The molecule has 9 heteroatoms. The first-order valence-corrected chi connectivity index (χ1v) is 12.3. The molecule has 4 amide bonds. The molecule has 0 bridgehead atoms. The average Bonchev–Trinajstić information content (AvgIpc) is 2.89. The highest BCUT2D eigenvalue weighted by Crippen LogP contribution is 2.39. The molecule has 1 aliphatic carbocycles. The van der Waals surface area contributed by atoms with Gasteiger partial charge in [-0.05, 0) is 49.4 Å². The second-order valence-corrected chi connectivity index (χ2v) is 10.6. The Morgan fingerprint density at radius 2 is 1.80 bits per heavy atom. The first-order chi connectivity index (χ1) is 14.1. The largest absolute Gasteiger partial charge is 0.327 e. The third-order valence-electron chi connectivity index (χ3n) is 6.68. The molecule has 1 spiro atoms. The molecule has 162 valence electrons. The maximum Gasteiger partial charge on any atom is 0.327 e. The van der Waals surface area contributed by atoms with Gasteiger partial charge in [0, 0.05) is 25.5 Å². The number of urea groups is 1. The molecule has 0 N–H and O–H groups in total. The van der Waals surface area contributed by atoms with E-state index in [1.807, 2.05) is 0 Å². The molecule has 2 aliphatic heterocycles. The second kappa shape index (κ2) is 7.37. The summed E-state index contributed by atoms with van der Waals surface area (Å²) in [6, 6.07) is 4.34. The number of hydrogen-bond donors (Lipinski definition) is 0. The molecule has 1 saturated carbocycles. The Balaban J connectivity index is 1.57. The summed E-state index contributed by atoms with van der Waals surface area (Å²) in [6.07, 6.45) is 6.64. The van der Waals surface area contributed by atoms with Crippen LogP contribution < -0.4 is 4.90 Å². The van der Waals surface area contributed by atoms with Crippen LogP contribution in [0.1, 0.15) is 44.1 Å². The van der Waals surface area contributed by atoms with E-state index in [0.29, 0.717) is 37.9 Å². The molecule has 2 fully saturated rings. The van der Waals surface area contributed by atoms with E-state index in [2.05, 4.69) is 0 Å². The summed E-state index contributed by atoms with van der Waals surface area (Å²) in [6.45, 7) is 0.179. The zero-order valence-electron chi connectivity index (χ0n) is 17.4. The van der Waals surface area contributed by atoms with Crippen molar-refractivity contribution in [3.05, 3.63) is 23.8 Å². The van der Waals surface area contributed by atoms with E-state index in [1.54, 1.807) is 24.1 Å². The summed E-state index contributed by atoms with van der Waals surface area (Å²) < 4.78 is 23.7. The van der Waals surface area contributed by atoms with E-state index in [1.165, 1.54) is 11.0 Å². The number of imide groups is 1. The number of fused-ring (bicyclic) bond motifs is 1. The van der Waals surface area contributed by atoms with Gasteiger partial charge in [-0.25, -0.2) is 13.2 Å². The van der Waals surface area contributed by atoms with Crippen LogP contribution in [0.15, 0.2) is 23.1 Å². The highest BCUT2D eigenvalue weighted by Gasteiger charge is 2.56. The number of nitrogens with zero attached hydrogens (tertiary/aromatic N) is 3. The van der Waals surface area contributed by atoms with Gasteiger partial charge < -0.3 is 9.80 Å². The molecule has 1 aromatic rings. The van der Waals surface area contributed by atoms with E-state index >= 15 is 0 Å². The Bertz CT molecular complexity index is 1010. The number of likely N-dealkylation sites (N-methyl/N-ethyl adjacent to an activating group) is 1. The third-order valence-corrected chi connectivity index (χ3v) is 7.79. The van der Waals surface area contributed by atoms with Crippen molar-refractivity contribution in [2.24, 2.45) is 0 Å². The van der Waals surface area contributed by atoms with Crippen molar-refractivity contribution in [2.75, 3.05) is 31.3 Å². The van der Waals surface area contributed by atoms with E-state index in [0.717, 1.165) is 36.0 Å². The van der Waals surface area contributed by atoms with Gasteiger partial charge in [-0.15, -0.1) is 0 Å². The predicted octanol–water partition coefficient (Wildman–Crippen LogP) is 1.97. The maximum absolute atomic E-state index is 13.1. The summed E-state index contributed by atoms with van der Waals surface area (Å²) >= 11 is 0. The summed E-state index contributed by atoms with van der Waals surface area (Å²) in [5.74, 6) is -0.598. The molecule has 4 rings (SSSR count). The van der Waals surface area contributed by atoms with E-state index in [9.17, 15) is 22.8 Å². The van der Waals surface area contributed by atoms with Crippen LogP contribution in [0.3, 0.4) is 0 Å². The summed E-state index contributed by atoms with van der Waals surface area (Å²) in [5.41, 5.74) is 0.635. The standard InChI is InChI=1S/C21H27N3O5S/c1-22-20(27)24(19(26)21(22)10-4-3-5-11-21)14-18(25)23-12-6-7-15-13-16(30(2,28)29)8-9-17(15)23/h8-9,13H,3-7,10-12,14H2,1-2H3. The van der Waals surface area contributed by atoms with Crippen molar-refractivity contribution < 1.29 is 22.8 Å². The molecule has 1 aromatic carbocycles. The lowest BCUT2D eigenvalue weighted by atomic mass is 9.81. The Labute approximate surface area is 176 Å². The van der Waals surface area contributed by atoms with Crippen LogP contribution in [0.4, 0.5) is 10.5 Å². The normalized spacial score (nSPS) is 21.3. The maximum atomic E-state index is 13.1. The molecule has 1 saturated heterocycles. The van der Waals surface area contributed by atoms with Gasteiger partial charge in [-0.2, -0.15) is 0 Å². The van der Waals surface area contributed by atoms with Crippen LogP contribution in [0.2, 0.25) is 0 Å². The summed E-state index contributed by atoms with van der Waals surface area (Å²) in [5, 5.41) is 0. The first kappa shape index (κ1) is 20.8.